The third-order valence-electron chi connectivity index (χ3n) is 3.68. The lowest BCUT2D eigenvalue weighted by Gasteiger charge is -2.44. The molecule has 0 bridgehead atoms. The van der Waals surface area contributed by atoms with Gasteiger partial charge in [-0.3, -0.25) is 4.90 Å². The fourth-order valence-electron chi connectivity index (χ4n) is 2.65. The largest absolute Gasteiger partial charge is 0.330 e. The zero-order valence-corrected chi connectivity index (χ0v) is 9.45. The summed E-state index contributed by atoms with van der Waals surface area (Å²) in [6.07, 6.45) is 3.99. The molecular weight excluding hydrogens is 174 g/mol. The van der Waals surface area contributed by atoms with Crippen molar-refractivity contribution in [3.63, 3.8) is 0 Å². The Morgan fingerprint density at radius 2 is 2.00 bits per heavy atom. The Bertz CT molecular complexity index is 191. The molecule has 1 saturated carbocycles. The highest BCUT2D eigenvalue weighted by molar-refractivity contribution is 4.94. The van der Waals surface area contributed by atoms with Crippen LogP contribution in [0.25, 0.3) is 0 Å². The summed E-state index contributed by atoms with van der Waals surface area (Å²) in [4.78, 5) is 5.18. The van der Waals surface area contributed by atoms with Gasteiger partial charge >= 0.3 is 0 Å². The van der Waals surface area contributed by atoms with Gasteiger partial charge in [0.1, 0.15) is 0 Å². The summed E-state index contributed by atoms with van der Waals surface area (Å²) >= 11 is 0. The van der Waals surface area contributed by atoms with Gasteiger partial charge in [-0.25, -0.2) is 0 Å². The first kappa shape index (κ1) is 10.4. The van der Waals surface area contributed by atoms with Crippen LogP contribution >= 0.6 is 0 Å². The van der Waals surface area contributed by atoms with Gasteiger partial charge in [0.05, 0.1) is 0 Å². The standard InChI is InChI=1S/C11H23N3/c1-9-7-13(2)11(5-6-12)8-14(9)10-3-4-10/h9-11H,3-8,12H2,1-2H3. The predicted molar refractivity (Wildman–Crippen MR) is 59.3 cm³/mol. The van der Waals surface area contributed by atoms with Crippen LogP contribution in [0.1, 0.15) is 26.2 Å². The maximum absolute atomic E-state index is 5.65. The molecule has 0 spiro atoms. The topological polar surface area (TPSA) is 32.5 Å². The SMILES string of the molecule is CC1CN(C)C(CCN)CN1C1CC1. The highest BCUT2D eigenvalue weighted by atomic mass is 15.3. The summed E-state index contributed by atoms with van der Waals surface area (Å²) in [6.45, 7) is 5.62. The highest BCUT2D eigenvalue weighted by Crippen LogP contribution is 2.31. The number of hydrogen-bond donors (Lipinski definition) is 1. The minimum Gasteiger partial charge on any atom is -0.330 e. The number of likely N-dealkylation sites (N-methyl/N-ethyl adjacent to an activating group) is 1. The van der Waals surface area contributed by atoms with Crippen LogP contribution in [0.4, 0.5) is 0 Å². The van der Waals surface area contributed by atoms with Crippen molar-refractivity contribution in [2.75, 3.05) is 26.7 Å². The Balaban J connectivity index is 1.93. The number of nitrogens with two attached hydrogens (primary N) is 1. The molecule has 14 heavy (non-hydrogen) atoms. The Morgan fingerprint density at radius 1 is 1.29 bits per heavy atom. The minimum atomic E-state index is 0.691. The van der Waals surface area contributed by atoms with E-state index < -0.39 is 0 Å². The molecule has 3 nitrogen and oxygen atoms in total. The van der Waals surface area contributed by atoms with Crippen LogP contribution in [0.15, 0.2) is 0 Å². The van der Waals surface area contributed by atoms with E-state index in [9.17, 15) is 0 Å². The van der Waals surface area contributed by atoms with Crippen molar-refractivity contribution in [3.05, 3.63) is 0 Å². The van der Waals surface area contributed by atoms with Crippen molar-refractivity contribution < 1.29 is 0 Å². The molecule has 1 saturated heterocycles. The van der Waals surface area contributed by atoms with Gasteiger partial charge in [0, 0.05) is 31.2 Å². The molecule has 0 aromatic carbocycles. The third-order valence-corrected chi connectivity index (χ3v) is 3.68. The van der Waals surface area contributed by atoms with Crippen LogP contribution < -0.4 is 5.73 Å². The molecule has 1 aliphatic heterocycles. The molecule has 3 heteroatoms. The van der Waals surface area contributed by atoms with Gasteiger partial charge < -0.3 is 10.6 Å². The van der Waals surface area contributed by atoms with E-state index in [-0.39, 0.29) is 0 Å². The Hall–Kier alpha value is -0.120. The van der Waals surface area contributed by atoms with E-state index in [1.807, 2.05) is 0 Å². The van der Waals surface area contributed by atoms with Crippen molar-refractivity contribution >= 4 is 0 Å². The van der Waals surface area contributed by atoms with Crippen molar-refractivity contribution in [1.82, 2.24) is 9.80 Å². The molecule has 0 amide bonds. The summed E-state index contributed by atoms with van der Waals surface area (Å²) in [5, 5.41) is 0. The van der Waals surface area contributed by atoms with E-state index in [1.54, 1.807) is 0 Å². The second-order valence-electron chi connectivity index (χ2n) is 4.95. The first-order valence-corrected chi connectivity index (χ1v) is 5.88. The lowest BCUT2D eigenvalue weighted by Crippen LogP contribution is -2.56. The van der Waals surface area contributed by atoms with Crippen LogP contribution in [0, 0.1) is 0 Å². The van der Waals surface area contributed by atoms with Crippen LogP contribution in [0.5, 0.6) is 0 Å². The summed E-state index contributed by atoms with van der Waals surface area (Å²) in [5.74, 6) is 0. The summed E-state index contributed by atoms with van der Waals surface area (Å²) in [5.41, 5.74) is 5.65. The molecule has 0 aromatic rings. The van der Waals surface area contributed by atoms with Gasteiger partial charge in [0.15, 0.2) is 0 Å². The van der Waals surface area contributed by atoms with Crippen LogP contribution in [-0.2, 0) is 0 Å². The number of piperazine rings is 1. The van der Waals surface area contributed by atoms with Gasteiger partial charge in [-0.1, -0.05) is 0 Å². The molecule has 2 unspecified atom stereocenters. The number of hydrogen-bond acceptors (Lipinski definition) is 3. The smallest absolute Gasteiger partial charge is 0.0233 e. The molecular formula is C11H23N3. The van der Waals surface area contributed by atoms with Gasteiger partial charge in [-0.2, -0.15) is 0 Å². The maximum atomic E-state index is 5.65. The summed E-state index contributed by atoms with van der Waals surface area (Å²) < 4.78 is 0. The molecule has 0 radical (unpaired) electrons. The van der Waals surface area contributed by atoms with Crippen molar-refractivity contribution in [2.24, 2.45) is 5.73 Å². The molecule has 0 aromatic heterocycles. The zero-order chi connectivity index (χ0) is 10.1. The van der Waals surface area contributed by atoms with Crippen LogP contribution in [-0.4, -0.2) is 54.6 Å². The number of rotatable bonds is 3. The first-order valence-electron chi connectivity index (χ1n) is 5.88. The lowest BCUT2D eigenvalue weighted by molar-refractivity contribution is 0.0440. The number of nitrogens with zero attached hydrogens (tertiary/aromatic N) is 2. The molecule has 2 N–H and O–H groups in total. The van der Waals surface area contributed by atoms with Crippen LogP contribution in [0.3, 0.4) is 0 Å². The average molecular weight is 197 g/mol. The molecule has 82 valence electrons. The van der Waals surface area contributed by atoms with E-state index in [1.165, 1.54) is 25.9 Å². The van der Waals surface area contributed by atoms with Gasteiger partial charge in [-0.15, -0.1) is 0 Å². The van der Waals surface area contributed by atoms with Crippen molar-refractivity contribution in [3.8, 4) is 0 Å². The van der Waals surface area contributed by atoms with Crippen molar-refractivity contribution in [1.29, 1.82) is 0 Å². The van der Waals surface area contributed by atoms with Crippen molar-refractivity contribution in [2.45, 2.75) is 44.3 Å². The molecule has 2 atom stereocenters. The van der Waals surface area contributed by atoms with E-state index in [4.69, 9.17) is 5.73 Å². The Kier molecular flexibility index (Phi) is 3.10. The minimum absolute atomic E-state index is 0.691. The quantitative estimate of drug-likeness (QED) is 0.715. The van der Waals surface area contributed by atoms with E-state index >= 15 is 0 Å². The second-order valence-corrected chi connectivity index (χ2v) is 4.95. The Labute approximate surface area is 87.2 Å². The zero-order valence-electron chi connectivity index (χ0n) is 9.45. The monoisotopic (exact) mass is 197 g/mol. The second kappa shape index (κ2) is 4.17. The molecule has 2 rings (SSSR count). The van der Waals surface area contributed by atoms with E-state index in [2.05, 4.69) is 23.8 Å². The molecule has 1 aliphatic carbocycles. The van der Waals surface area contributed by atoms with Crippen LogP contribution in [0.2, 0.25) is 0 Å². The average Bonchev–Trinajstić information content (AvgIpc) is 2.93. The summed E-state index contributed by atoms with van der Waals surface area (Å²) in [7, 11) is 2.24. The fraction of sp³-hybridized carbons (Fsp3) is 1.00. The van der Waals surface area contributed by atoms with E-state index in [0.717, 1.165) is 25.0 Å². The summed E-state index contributed by atoms with van der Waals surface area (Å²) in [6, 6.07) is 2.33. The molecule has 2 fully saturated rings. The van der Waals surface area contributed by atoms with Gasteiger partial charge in [0.25, 0.3) is 0 Å². The van der Waals surface area contributed by atoms with E-state index in [0.29, 0.717) is 6.04 Å². The highest BCUT2D eigenvalue weighted by Gasteiger charge is 2.37. The van der Waals surface area contributed by atoms with Gasteiger partial charge in [-0.05, 0) is 39.8 Å². The Morgan fingerprint density at radius 3 is 2.57 bits per heavy atom. The maximum Gasteiger partial charge on any atom is 0.0233 e. The third kappa shape index (κ3) is 2.10. The van der Waals surface area contributed by atoms with Gasteiger partial charge in [0.2, 0.25) is 0 Å². The normalized spacial score (nSPS) is 36.2. The molecule has 2 aliphatic rings. The first-order chi connectivity index (χ1) is 6.72. The predicted octanol–water partition coefficient (Wildman–Crippen LogP) is 0.502. The fourth-order valence-corrected chi connectivity index (χ4v) is 2.65. The molecule has 1 heterocycles. The lowest BCUT2D eigenvalue weighted by atomic mass is 10.1.